The number of hydrogen-bond acceptors (Lipinski definition) is 4. The molecule has 2 rings (SSSR count). The van der Waals surface area contributed by atoms with Crippen molar-refractivity contribution in [2.24, 2.45) is 0 Å². The second-order valence-corrected chi connectivity index (χ2v) is 5.71. The minimum atomic E-state index is -1.08. The summed E-state index contributed by atoms with van der Waals surface area (Å²) >= 11 is 3.30. The molecule has 1 amide bonds. The Morgan fingerprint density at radius 2 is 2.14 bits per heavy atom. The summed E-state index contributed by atoms with van der Waals surface area (Å²) in [4.78, 5) is 40.0. The number of fused-ring (bicyclic) bond motifs is 1. The summed E-state index contributed by atoms with van der Waals surface area (Å²) in [7, 11) is 1.41. The summed E-state index contributed by atoms with van der Waals surface area (Å²) in [6.07, 6.45) is 1.42. The molecule has 2 aromatic rings. The van der Waals surface area contributed by atoms with E-state index in [0.717, 1.165) is 9.37 Å². The van der Waals surface area contributed by atoms with Gasteiger partial charge in [0.2, 0.25) is 5.91 Å². The summed E-state index contributed by atoms with van der Waals surface area (Å²) in [6, 6.07) is 5.21. The first kappa shape index (κ1) is 16.2. The van der Waals surface area contributed by atoms with Gasteiger partial charge in [0.1, 0.15) is 6.54 Å². The lowest BCUT2D eigenvalue weighted by Gasteiger charge is -2.14. The minimum absolute atomic E-state index is 0.0326. The molecule has 0 saturated carbocycles. The summed E-state index contributed by atoms with van der Waals surface area (Å²) in [6.45, 7) is -0.215. The van der Waals surface area contributed by atoms with Crippen LogP contribution in [0.3, 0.4) is 0 Å². The first-order valence-corrected chi connectivity index (χ1v) is 7.28. The standard InChI is InChI=1S/C14H14BrN3O4/c1-17(7-13(20)21)12(19)4-5-18-8-16-11-3-2-9(15)6-10(11)14(18)22/h2-3,6,8H,4-5,7H2,1H3,(H,20,21). The van der Waals surface area contributed by atoms with E-state index in [0.29, 0.717) is 10.9 Å². The van der Waals surface area contributed by atoms with E-state index in [-0.39, 0.29) is 31.0 Å². The van der Waals surface area contributed by atoms with E-state index < -0.39 is 5.97 Å². The Morgan fingerprint density at radius 3 is 2.82 bits per heavy atom. The third-order valence-electron chi connectivity index (χ3n) is 3.15. The molecule has 1 heterocycles. The number of aryl methyl sites for hydroxylation is 1. The van der Waals surface area contributed by atoms with Gasteiger partial charge >= 0.3 is 5.97 Å². The Kier molecular flexibility index (Phi) is 4.92. The fourth-order valence-corrected chi connectivity index (χ4v) is 2.35. The average molecular weight is 368 g/mol. The number of halogens is 1. The zero-order valence-corrected chi connectivity index (χ0v) is 13.4. The van der Waals surface area contributed by atoms with E-state index in [9.17, 15) is 14.4 Å². The maximum absolute atomic E-state index is 12.3. The zero-order valence-electron chi connectivity index (χ0n) is 11.8. The second-order valence-electron chi connectivity index (χ2n) is 4.80. The lowest BCUT2D eigenvalue weighted by atomic mass is 10.2. The molecular formula is C14H14BrN3O4. The van der Waals surface area contributed by atoms with Crippen LogP contribution in [0.1, 0.15) is 6.42 Å². The van der Waals surface area contributed by atoms with Gasteiger partial charge in [-0.2, -0.15) is 0 Å². The second kappa shape index (κ2) is 6.69. The quantitative estimate of drug-likeness (QED) is 0.853. The molecule has 1 aromatic carbocycles. The van der Waals surface area contributed by atoms with Gasteiger partial charge in [-0.25, -0.2) is 4.98 Å². The van der Waals surface area contributed by atoms with Crippen LogP contribution >= 0.6 is 15.9 Å². The number of rotatable bonds is 5. The van der Waals surface area contributed by atoms with Crippen LogP contribution < -0.4 is 5.56 Å². The first-order valence-electron chi connectivity index (χ1n) is 6.49. The Balaban J connectivity index is 2.15. The van der Waals surface area contributed by atoms with Crippen LogP contribution in [-0.4, -0.2) is 45.0 Å². The first-order chi connectivity index (χ1) is 10.4. The van der Waals surface area contributed by atoms with Gasteiger partial charge in [0.05, 0.1) is 17.2 Å². The van der Waals surface area contributed by atoms with Crippen molar-refractivity contribution in [1.82, 2.24) is 14.5 Å². The van der Waals surface area contributed by atoms with E-state index >= 15 is 0 Å². The van der Waals surface area contributed by atoms with E-state index in [1.807, 2.05) is 0 Å². The highest BCUT2D eigenvalue weighted by atomic mass is 79.9. The SMILES string of the molecule is CN(CC(=O)O)C(=O)CCn1cnc2ccc(Br)cc2c1=O. The number of benzene rings is 1. The highest BCUT2D eigenvalue weighted by Crippen LogP contribution is 2.14. The lowest BCUT2D eigenvalue weighted by Crippen LogP contribution is -2.33. The van der Waals surface area contributed by atoms with Gasteiger partial charge in [-0.15, -0.1) is 0 Å². The molecule has 22 heavy (non-hydrogen) atoms. The number of carbonyl (C=O) groups is 2. The smallest absolute Gasteiger partial charge is 0.323 e. The molecule has 0 atom stereocenters. The third-order valence-corrected chi connectivity index (χ3v) is 3.64. The number of nitrogens with zero attached hydrogens (tertiary/aromatic N) is 3. The van der Waals surface area contributed by atoms with E-state index in [1.165, 1.54) is 17.9 Å². The average Bonchev–Trinajstić information content (AvgIpc) is 2.46. The molecule has 0 bridgehead atoms. The van der Waals surface area contributed by atoms with Crippen molar-refractivity contribution >= 4 is 38.7 Å². The van der Waals surface area contributed by atoms with Gasteiger partial charge in [0.15, 0.2) is 0 Å². The largest absolute Gasteiger partial charge is 0.480 e. The molecule has 116 valence electrons. The molecule has 0 aliphatic heterocycles. The van der Waals surface area contributed by atoms with Crippen molar-refractivity contribution < 1.29 is 14.7 Å². The number of carboxylic acid groups (broad SMARTS) is 1. The summed E-state index contributed by atoms with van der Waals surface area (Å²) in [5, 5.41) is 9.10. The van der Waals surface area contributed by atoms with Gasteiger partial charge in [-0.1, -0.05) is 15.9 Å². The summed E-state index contributed by atoms with van der Waals surface area (Å²) in [5.41, 5.74) is 0.346. The van der Waals surface area contributed by atoms with Crippen molar-refractivity contribution in [3.05, 3.63) is 39.4 Å². The predicted molar refractivity (Wildman–Crippen MR) is 83.6 cm³/mol. The molecule has 0 aliphatic rings. The number of hydrogen-bond donors (Lipinski definition) is 1. The molecule has 8 heteroatoms. The van der Waals surface area contributed by atoms with Gasteiger partial charge in [0, 0.05) is 24.5 Å². The summed E-state index contributed by atoms with van der Waals surface area (Å²) < 4.78 is 2.12. The molecular weight excluding hydrogens is 354 g/mol. The molecule has 1 aromatic heterocycles. The number of aromatic nitrogens is 2. The molecule has 0 unspecified atom stereocenters. The maximum atomic E-state index is 12.3. The van der Waals surface area contributed by atoms with Crippen LogP contribution in [-0.2, 0) is 16.1 Å². The van der Waals surface area contributed by atoms with Crippen LogP contribution in [0.15, 0.2) is 33.8 Å². The van der Waals surface area contributed by atoms with E-state index in [1.54, 1.807) is 18.2 Å². The monoisotopic (exact) mass is 367 g/mol. The summed E-state index contributed by atoms with van der Waals surface area (Å²) in [5.74, 6) is -1.42. The van der Waals surface area contributed by atoms with Gasteiger partial charge in [0.25, 0.3) is 5.56 Å². The Hall–Kier alpha value is -2.22. The molecule has 0 spiro atoms. The van der Waals surface area contributed by atoms with Gasteiger partial charge < -0.3 is 10.0 Å². The Labute approximate surface area is 134 Å². The van der Waals surface area contributed by atoms with Crippen LogP contribution in [0.4, 0.5) is 0 Å². The fraction of sp³-hybridized carbons (Fsp3) is 0.286. The Morgan fingerprint density at radius 1 is 1.41 bits per heavy atom. The third kappa shape index (κ3) is 3.70. The number of likely N-dealkylation sites (N-methyl/N-ethyl adjacent to an activating group) is 1. The van der Waals surface area contributed by atoms with Crippen LogP contribution in [0.2, 0.25) is 0 Å². The van der Waals surface area contributed by atoms with Crippen molar-refractivity contribution in [2.45, 2.75) is 13.0 Å². The zero-order chi connectivity index (χ0) is 16.3. The van der Waals surface area contributed by atoms with Crippen molar-refractivity contribution in [3.63, 3.8) is 0 Å². The molecule has 7 nitrogen and oxygen atoms in total. The highest BCUT2D eigenvalue weighted by molar-refractivity contribution is 9.10. The number of carboxylic acids is 1. The normalized spacial score (nSPS) is 10.6. The van der Waals surface area contributed by atoms with E-state index in [2.05, 4.69) is 20.9 Å². The number of aliphatic carboxylic acids is 1. The topological polar surface area (TPSA) is 92.5 Å². The number of amides is 1. The van der Waals surface area contributed by atoms with Crippen molar-refractivity contribution in [1.29, 1.82) is 0 Å². The molecule has 1 N–H and O–H groups in total. The molecule has 0 saturated heterocycles. The lowest BCUT2D eigenvalue weighted by molar-refractivity contribution is -0.143. The van der Waals surface area contributed by atoms with Crippen LogP contribution in [0, 0.1) is 0 Å². The van der Waals surface area contributed by atoms with Crippen molar-refractivity contribution in [3.8, 4) is 0 Å². The van der Waals surface area contributed by atoms with Gasteiger partial charge in [-0.05, 0) is 18.2 Å². The fourth-order valence-electron chi connectivity index (χ4n) is 1.99. The number of carbonyl (C=O) groups excluding carboxylic acids is 1. The predicted octanol–water partition coefficient (Wildman–Crippen LogP) is 1.09. The van der Waals surface area contributed by atoms with E-state index in [4.69, 9.17) is 5.11 Å². The minimum Gasteiger partial charge on any atom is -0.480 e. The maximum Gasteiger partial charge on any atom is 0.323 e. The Bertz CT molecular complexity index is 787. The van der Waals surface area contributed by atoms with Crippen molar-refractivity contribution in [2.75, 3.05) is 13.6 Å². The molecule has 0 radical (unpaired) electrons. The highest BCUT2D eigenvalue weighted by Gasteiger charge is 2.13. The molecule has 0 fully saturated rings. The molecule has 0 aliphatic carbocycles. The van der Waals surface area contributed by atoms with Gasteiger partial charge in [-0.3, -0.25) is 19.0 Å². The van der Waals surface area contributed by atoms with Crippen LogP contribution in [0.25, 0.3) is 10.9 Å². The van der Waals surface area contributed by atoms with Crippen LogP contribution in [0.5, 0.6) is 0 Å².